The summed E-state index contributed by atoms with van der Waals surface area (Å²) in [5.41, 5.74) is 0.462. The van der Waals surface area contributed by atoms with Crippen molar-refractivity contribution in [1.29, 1.82) is 0 Å². The van der Waals surface area contributed by atoms with Gasteiger partial charge in [-0.15, -0.1) is 0 Å². The number of rotatable bonds is 9. The Labute approximate surface area is 227 Å². The molecule has 2 heterocycles. The van der Waals surface area contributed by atoms with Crippen molar-refractivity contribution in [2.45, 2.75) is 32.5 Å². The number of ether oxygens (including phenoxy) is 1. The van der Waals surface area contributed by atoms with Crippen LogP contribution in [0.5, 0.6) is 5.75 Å². The molecule has 2 aromatic rings. The second-order valence-electron chi connectivity index (χ2n) is 9.81. The number of aromatic amines is 1. The number of carboxylic acids is 2. The molecule has 1 aromatic heterocycles. The number of anilines is 1. The minimum absolute atomic E-state index is 0.0828. The maximum Gasteiger partial charge on any atom is 0.422 e. The van der Waals surface area contributed by atoms with Crippen molar-refractivity contribution in [3.63, 3.8) is 0 Å². The first-order valence-corrected chi connectivity index (χ1v) is 12.5. The number of hydrogen-bond donors (Lipinski definition) is 3. The van der Waals surface area contributed by atoms with Gasteiger partial charge in [-0.25, -0.2) is 14.4 Å². The van der Waals surface area contributed by atoms with Gasteiger partial charge in [-0.05, 0) is 31.9 Å². The van der Waals surface area contributed by atoms with Gasteiger partial charge in [0.1, 0.15) is 5.75 Å². The van der Waals surface area contributed by atoms with Gasteiger partial charge in [-0.1, -0.05) is 12.1 Å². The van der Waals surface area contributed by atoms with Gasteiger partial charge in [-0.3, -0.25) is 14.3 Å². The summed E-state index contributed by atoms with van der Waals surface area (Å²) in [4.78, 5) is 50.6. The summed E-state index contributed by atoms with van der Waals surface area (Å²) < 4.78 is 44.0. The van der Waals surface area contributed by atoms with Gasteiger partial charge in [0.2, 0.25) is 0 Å². The van der Waals surface area contributed by atoms with Crippen LogP contribution >= 0.6 is 0 Å². The number of aliphatic carboxylic acids is 2. The first-order chi connectivity index (χ1) is 18.8. The second kappa shape index (κ2) is 12.9. The van der Waals surface area contributed by atoms with E-state index in [9.17, 15) is 32.3 Å². The highest BCUT2D eigenvalue weighted by Gasteiger charge is 2.45. The Bertz CT molecular complexity index is 1320. The topological polar surface area (TPSA) is 145 Å². The number of nitrogens with one attached hydrogen (secondary N) is 1. The van der Waals surface area contributed by atoms with Gasteiger partial charge in [0, 0.05) is 68.6 Å². The van der Waals surface area contributed by atoms with Crippen LogP contribution in [0.3, 0.4) is 0 Å². The molecule has 0 radical (unpaired) electrons. The molecule has 11 nitrogen and oxygen atoms in total. The van der Waals surface area contributed by atoms with Gasteiger partial charge >= 0.3 is 23.8 Å². The van der Waals surface area contributed by atoms with E-state index < -0.39 is 24.7 Å². The minimum atomic E-state index is -4.38. The van der Waals surface area contributed by atoms with E-state index in [2.05, 4.69) is 9.88 Å². The smallest absolute Gasteiger partial charge is 0.422 e. The molecule has 0 unspecified atom stereocenters. The quantitative estimate of drug-likeness (QED) is 0.387. The van der Waals surface area contributed by atoms with Crippen molar-refractivity contribution in [1.82, 2.24) is 14.5 Å². The van der Waals surface area contributed by atoms with Crippen molar-refractivity contribution in [3.8, 4) is 5.75 Å². The Hall–Kier alpha value is -4.07. The molecule has 2 fully saturated rings. The SMILES string of the molecule is Cc1c[nH]c(=O)n(CC2(CN3CCN(c4ccccc4OCC(F)(F)F)CC3)CC2)c1=O.O=C(O)/C=C/C(=O)O. The van der Waals surface area contributed by atoms with Crippen molar-refractivity contribution in [2.75, 3.05) is 44.2 Å². The Balaban J connectivity index is 0.000000482. The summed E-state index contributed by atoms with van der Waals surface area (Å²) in [6.45, 7) is 4.36. The molecule has 2 aliphatic rings. The fourth-order valence-corrected chi connectivity index (χ4v) is 4.40. The number of piperazine rings is 1. The highest BCUT2D eigenvalue weighted by atomic mass is 19.4. The van der Waals surface area contributed by atoms with Crippen LogP contribution in [0.15, 0.2) is 52.2 Å². The average Bonchev–Trinajstić information content (AvgIpc) is 3.66. The molecule has 1 aliphatic carbocycles. The molecule has 4 rings (SSSR count). The number of benzene rings is 1. The lowest BCUT2D eigenvalue weighted by molar-refractivity contribution is -0.153. The molecule has 1 saturated carbocycles. The van der Waals surface area contributed by atoms with E-state index in [1.54, 1.807) is 31.2 Å². The largest absolute Gasteiger partial charge is 0.482 e. The van der Waals surface area contributed by atoms with Gasteiger partial charge in [0.25, 0.3) is 5.56 Å². The van der Waals surface area contributed by atoms with Gasteiger partial charge < -0.3 is 24.8 Å². The average molecular weight is 569 g/mol. The van der Waals surface area contributed by atoms with Crippen LogP contribution in [0.2, 0.25) is 0 Å². The molecule has 0 bridgehead atoms. The molecule has 14 heteroatoms. The predicted molar refractivity (Wildman–Crippen MR) is 139 cm³/mol. The van der Waals surface area contributed by atoms with E-state index >= 15 is 0 Å². The van der Waals surface area contributed by atoms with E-state index in [-0.39, 0.29) is 22.4 Å². The fourth-order valence-electron chi connectivity index (χ4n) is 4.40. The third kappa shape index (κ3) is 9.00. The highest BCUT2D eigenvalue weighted by molar-refractivity contribution is 5.89. The van der Waals surface area contributed by atoms with Crippen LogP contribution in [0.25, 0.3) is 0 Å². The highest BCUT2D eigenvalue weighted by Crippen LogP contribution is 2.47. The molecular weight excluding hydrogens is 537 g/mol. The molecule has 40 heavy (non-hydrogen) atoms. The van der Waals surface area contributed by atoms with Crippen LogP contribution in [-0.2, 0) is 16.1 Å². The normalized spacial score (nSPS) is 16.8. The number of aryl methyl sites for hydroxylation is 1. The van der Waals surface area contributed by atoms with Crippen molar-refractivity contribution >= 4 is 17.6 Å². The van der Waals surface area contributed by atoms with Crippen LogP contribution < -0.4 is 20.9 Å². The number of aromatic nitrogens is 2. The number of alkyl halides is 3. The lowest BCUT2D eigenvalue weighted by Gasteiger charge is -2.38. The lowest BCUT2D eigenvalue weighted by atomic mass is 10.1. The van der Waals surface area contributed by atoms with Crippen LogP contribution in [0.4, 0.5) is 18.9 Å². The van der Waals surface area contributed by atoms with Crippen LogP contribution in [0, 0.1) is 12.3 Å². The third-order valence-corrected chi connectivity index (χ3v) is 6.59. The Kier molecular flexibility index (Phi) is 9.79. The molecule has 1 aromatic carbocycles. The summed E-state index contributed by atoms with van der Waals surface area (Å²) in [5.74, 6) is -2.28. The number of H-pyrrole nitrogens is 1. The molecule has 218 valence electrons. The molecular formula is C26H31F3N4O7. The van der Waals surface area contributed by atoms with E-state index in [1.165, 1.54) is 10.8 Å². The summed E-state index contributed by atoms with van der Waals surface area (Å²) in [7, 11) is 0. The Morgan fingerprint density at radius 2 is 1.62 bits per heavy atom. The first kappa shape index (κ1) is 30.5. The minimum Gasteiger partial charge on any atom is -0.482 e. The molecule has 0 spiro atoms. The van der Waals surface area contributed by atoms with E-state index in [0.717, 1.165) is 32.5 Å². The molecule has 0 atom stereocenters. The lowest BCUT2D eigenvalue weighted by Crippen LogP contribution is -2.49. The van der Waals surface area contributed by atoms with E-state index in [0.29, 0.717) is 43.0 Å². The third-order valence-electron chi connectivity index (χ3n) is 6.59. The molecule has 0 amide bonds. The second-order valence-corrected chi connectivity index (χ2v) is 9.81. The van der Waals surface area contributed by atoms with E-state index in [4.69, 9.17) is 14.9 Å². The number of carboxylic acid groups (broad SMARTS) is 2. The van der Waals surface area contributed by atoms with E-state index in [1.807, 2.05) is 4.90 Å². The maximum atomic E-state index is 12.6. The zero-order valence-corrected chi connectivity index (χ0v) is 21.8. The van der Waals surface area contributed by atoms with Crippen molar-refractivity contribution in [3.05, 3.63) is 69.0 Å². The van der Waals surface area contributed by atoms with Gasteiger partial charge in [-0.2, -0.15) is 13.2 Å². The summed E-state index contributed by atoms with van der Waals surface area (Å²) >= 11 is 0. The van der Waals surface area contributed by atoms with Crippen molar-refractivity contribution in [2.24, 2.45) is 5.41 Å². The summed E-state index contributed by atoms with van der Waals surface area (Å²) in [6, 6.07) is 6.79. The number of carbonyl (C=O) groups is 2. The Morgan fingerprint density at radius 1 is 1.02 bits per heavy atom. The maximum absolute atomic E-state index is 12.6. The molecule has 1 saturated heterocycles. The Morgan fingerprint density at radius 3 is 2.17 bits per heavy atom. The van der Waals surface area contributed by atoms with Crippen molar-refractivity contribution < 1.29 is 37.7 Å². The summed E-state index contributed by atoms with van der Waals surface area (Å²) in [5, 5.41) is 15.6. The van der Waals surface area contributed by atoms with Crippen LogP contribution in [-0.4, -0.2) is 82.1 Å². The zero-order chi connectivity index (χ0) is 29.5. The predicted octanol–water partition coefficient (Wildman–Crippen LogP) is 2.10. The fraction of sp³-hybridized carbons (Fsp3) is 0.462. The van der Waals surface area contributed by atoms with Gasteiger partial charge in [0.15, 0.2) is 6.61 Å². The van der Waals surface area contributed by atoms with Gasteiger partial charge in [0.05, 0.1) is 5.69 Å². The number of hydrogen-bond acceptors (Lipinski definition) is 7. The standard InChI is InChI=1S/C22H27F3N4O3.C4H4O4/c1-16-12-26-20(31)29(19(16)30)14-21(6-7-21)13-27-8-10-28(11-9-27)17-4-2-3-5-18(17)32-15-22(23,24)25;5-3(6)1-2-4(7)8/h2-5,12H,6-11,13-15H2,1H3,(H,26,31);1-2H,(H,5,6)(H,7,8)/b;2-1+. The molecule has 1 aliphatic heterocycles. The molecule has 3 N–H and O–H groups in total. The first-order valence-electron chi connectivity index (χ1n) is 12.5. The van der Waals surface area contributed by atoms with Crippen LogP contribution in [0.1, 0.15) is 18.4 Å². The monoisotopic (exact) mass is 568 g/mol. The number of halogens is 3. The number of para-hydroxylation sites is 2. The summed E-state index contributed by atoms with van der Waals surface area (Å²) in [6.07, 6.45) is 0.0918. The zero-order valence-electron chi connectivity index (χ0n) is 21.8. The number of nitrogens with zero attached hydrogens (tertiary/aromatic N) is 3.